The molecule has 1 aromatic rings. The Labute approximate surface area is 108 Å². The second-order valence-electron chi connectivity index (χ2n) is 5.54. The fourth-order valence-electron chi connectivity index (χ4n) is 2.68. The molecule has 2 fully saturated rings. The molecule has 0 amide bonds. The van der Waals surface area contributed by atoms with Crippen molar-refractivity contribution in [2.24, 2.45) is 5.92 Å². The molecule has 0 aromatic heterocycles. The Balaban J connectivity index is 1.65. The van der Waals surface area contributed by atoms with E-state index in [4.69, 9.17) is 4.74 Å². The molecule has 0 saturated heterocycles. The summed E-state index contributed by atoms with van der Waals surface area (Å²) in [5, 5.41) is 0. The van der Waals surface area contributed by atoms with Crippen LogP contribution >= 0.6 is 0 Å². The number of ketones is 1. The topological polar surface area (TPSA) is 26.3 Å². The van der Waals surface area contributed by atoms with E-state index in [1.165, 1.54) is 32.1 Å². The van der Waals surface area contributed by atoms with Crippen LogP contribution in [0.5, 0.6) is 5.75 Å². The fourth-order valence-corrected chi connectivity index (χ4v) is 2.68. The van der Waals surface area contributed by atoms with Crippen molar-refractivity contribution in [3.8, 4) is 5.75 Å². The maximum absolute atomic E-state index is 12.3. The summed E-state index contributed by atoms with van der Waals surface area (Å²) in [6.07, 6.45) is 8.60. The molecule has 0 radical (unpaired) electrons. The van der Waals surface area contributed by atoms with Gasteiger partial charge in [-0.2, -0.15) is 0 Å². The van der Waals surface area contributed by atoms with Crippen LogP contribution in [-0.4, -0.2) is 11.9 Å². The van der Waals surface area contributed by atoms with Crippen molar-refractivity contribution < 1.29 is 9.53 Å². The molecule has 2 aliphatic rings. The van der Waals surface area contributed by atoms with Crippen LogP contribution in [0.4, 0.5) is 0 Å². The molecule has 0 bridgehead atoms. The Bertz CT molecular complexity index is 411. The van der Waals surface area contributed by atoms with Gasteiger partial charge in [-0.25, -0.2) is 0 Å². The molecule has 2 aliphatic carbocycles. The van der Waals surface area contributed by atoms with Crippen LogP contribution in [0, 0.1) is 5.92 Å². The summed E-state index contributed by atoms with van der Waals surface area (Å²) in [6.45, 7) is 0. The minimum Gasteiger partial charge on any atom is -0.490 e. The highest BCUT2D eigenvalue weighted by atomic mass is 16.5. The van der Waals surface area contributed by atoms with E-state index in [-0.39, 0.29) is 5.92 Å². The first-order valence-electron chi connectivity index (χ1n) is 7.14. The van der Waals surface area contributed by atoms with Crippen molar-refractivity contribution in [2.75, 3.05) is 0 Å². The normalized spacial score (nSPS) is 20.7. The second kappa shape index (κ2) is 5.13. The van der Waals surface area contributed by atoms with Gasteiger partial charge in [-0.3, -0.25) is 4.79 Å². The monoisotopic (exact) mass is 244 g/mol. The van der Waals surface area contributed by atoms with Crippen molar-refractivity contribution in [2.45, 2.75) is 51.0 Å². The molecule has 0 heterocycles. The Morgan fingerprint density at radius 2 is 1.61 bits per heavy atom. The largest absolute Gasteiger partial charge is 0.490 e. The van der Waals surface area contributed by atoms with E-state index in [1.807, 2.05) is 24.3 Å². The van der Waals surface area contributed by atoms with E-state index in [1.54, 1.807) is 0 Å². The number of benzene rings is 1. The summed E-state index contributed by atoms with van der Waals surface area (Å²) in [7, 11) is 0. The highest BCUT2D eigenvalue weighted by Crippen LogP contribution is 2.29. The van der Waals surface area contributed by atoms with Gasteiger partial charge in [0.1, 0.15) is 5.75 Å². The molecule has 96 valence electrons. The number of ether oxygens (including phenoxy) is 1. The van der Waals surface area contributed by atoms with E-state index in [0.717, 1.165) is 24.2 Å². The molecular weight excluding hydrogens is 224 g/mol. The number of hydrogen-bond donors (Lipinski definition) is 0. The van der Waals surface area contributed by atoms with Crippen LogP contribution in [0.1, 0.15) is 55.3 Å². The maximum atomic E-state index is 12.3. The lowest BCUT2D eigenvalue weighted by atomic mass is 9.84. The standard InChI is InChI=1S/C16H20O2/c17-16(12-4-2-1-3-5-12)13-6-8-14(9-7-13)18-15-10-11-15/h6-9,12,15H,1-5,10-11H2. The van der Waals surface area contributed by atoms with Crippen molar-refractivity contribution >= 4 is 5.78 Å². The average molecular weight is 244 g/mol. The number of carbonyl (C=O) groups is 1. The Morgan fingerprint density at radius 3 is 2.22 bits per heavy atom. The fraction of sp³-hybridized carbons (Fsp3) is 0.562. The molecular formula is C16H20O2. The third kappa shape index (κ3) is 2.74. The summed E-state index contributed by atoms with van der Waals surface area (Å²) >= 11 is 0. The van der Waals surface area contributed by atoms with Gasteiger partial charge in [0.05, 0.1) is 6.10 Å². The summed E-state index contributed by atoms with van der Waals surface area (Å²) in [6, 6.07) is 7.73. The van der Waals surface area contributed by atoms with Gasteiger partial charge in [-0.15, -0.1) is 0 Å². The minimum absolute atomic E-state index is 0.258. The minimum atomic E-state index is 0.258. The van der Waals surface area contributed by atoms with Gasteiger partial charge in [0.25, 0.3) is 0 Å². The van der Waals surface area contributed by atoms with Crippen LogP contribution in [0.25, 0.3) is 0 Å². The molecule has 2 nitrogen and oxygen atoms in total. The zero-order valence-electron chi connectivity index (χ0n) is 10.7. The number of rotatable bonds is 4. The molecule has 18 heavy (non-hydrogen) atoms. The Kier molecular flexibility index (Phi) is 3.35. The highest BCUT2D eigenvalue weighted by molar-refractivity contribution is 5.97. The van der Waals surface area contributed by atoms with E-state index < -0.39 is 0 Å². The third-order valence-corrected chi connectivity index (χ3v) is 3.94. The van der Waals surface area contributed by atoms with Crippen molar-refractivity contribution in [1.29, 1.82) is 0 Å². The molecule has 2 saturated carbocycles. The lowest BCUT2D eigenvalue weighted by molar-refractivity contribution is 0.0889. The molecule has 0 atom stereocenters. The van der Waals surface area contributed by atoms with E-state index in [2.05, 4.69) is 0 Å². The van der Waals surface area contributed by atoms with E-state index in [0.29, 0.717) is 11.9 Å². The summed E-state index contributed by atoms with van der Waals surface area (Å²) in [4.78, 5) is 12.3. The second-order valence-corrected chi connectivity index (χ2v) is 5.54. The number of Topliss-reactive ketones (excluding diaryl/α,β-unsaturated/α-hetero) is 1. The molecule has 3 rings (SSSR count). The number of carbonyl (C=O) groups excluding carboxylic acids is 1. The Hall–Kier alpha value is -1.31. The van der Waals surface area contributed by atoms with Crippen LogP contribution in [0.2, 0.25) is 0 Å². The first-order valence-corrected chi connectivity index (χ1v) is 7.14. The lowest BCUT2D eigenvalue weighted by Gasteiger charge is -2.20. The van der Waals surface area contributed by atoms with Crippen molar-refractivity contribution in [3.63, 3.8) is 0 Å². The predicted octanol–water partition coefficient (Wildman–Crippen LogP) is 3.99. The lowest BCUT2D eigenvalue weighted by Crippen LogP contribution is -2.17. The summed E-state index contributed by atoms with van der Waals surface area (Å²) in [5.74, 6) is 1.49. The van der Waals surface area contributed by atoms with Gasteiger partial charge < -0.3 is 4.74 Å². The van der Waals surface area contributed by atoms with Crippen LogP contribution in [0.15, 0.2) is 24.3 Å². The quantitative estimate of drug-likeness (QED) is 0.748. The van der Waals surface area contributed by atoms with Gasteiger partial charge in [-0.05, 0) is 49.9 Å². The van der Waals surface area contributed by atoms with Crippen molar-refractivity contribution in [1.82, 2.24) is 0 Å². The zero-order valence-corrected chi connectivity index (χ0v) is 10.7. The van der Waals surface area contributed by atoms with Crippen LogP contribution in [0.3, 0.4) is 0 Å². The summed E-state index contributed by atoms with van der Waals surface area (Å²) in [5.41, 5.74) is 0.852. The molecule has 0 unspecified atom stereocenters. The predicted molar refractivity (Wildman–Crippen MR) is 71.0 cm³/mol. The molecule has 0 spiro atoms. The zero-order chi connectivity index (χ0) is 12.4. The maximum Gasteiger partial charge on any atom is 0.165 e. The van der Waals surface area contributed by atoms with Gasteiger partial charge in [0.2, 0.25) is 0 Å². The van der Waals surface area contributed by atoms with E-state index in [9.17, 15) is 4.79 Å². The smallest absolute Gasteiger partial charge is 0.165 e. The molecule has 0 aliphatic heterocycles. The van der Waals surface area contributed by atoms with Gasteiger partial charge in [-0.1, -0.05) is 19.3 Å². The number of hydrogen-bond acceptors (Lipinski definition) is 2. The van der Waals surface area contributed by atoms with Crippen LogP contribution in [-0.2, 0) is 0 Å². The molecule has 0 N–H and O–H groups in total. The average Bonchev–Trinajstić information content (AvgIpc) is 3.24. The first kappa shape index (κ1) is 11.8. The third-order valence-electron chi connectivity index (χ3n) is 3.94. The van der Waals surface area contributed by atoms with E-state index >= 15 is 0 Å². The first-order chi connectivity index (χ1) is 8.83. The molecule has 2 heteroatoms. The van der Waals surface area contributed by atoms with Crippen LogP contribution < -0.4 is 4.74 Å². The summed E-state index contributed by atoms with van der Waals surface area (Å²) < 4.78 is 5.69. The van der Waals surface area contributed by atoms with Gasteiger partial charge >= 0.3 is 0 Å². The van der Waals surface area contributed by atoms with Gasteiger partial charge in [0, 0.05) is 11.5 Å². The molecule has 1 aromatic carbocycles. The SMILES string of the molecule is O=C(c1ccc(OC2CC2)cc1)C1CCCCC1. The Morgan fingerprint density at radius 1 is 0.944 bits per heavy atom. The highest BCUT2D eigenvalue weighted by Gasteiger charge is 2.24. The van der Waals surface area contributed by atoms with Crippen molar-refractivity contribution in [3.05, 3.63) is 29.8 Å². The van der Waals surface area contributed by atoms with Gasteiger partial charge in [0.15, 0.2) is 5.78 Å².